The Bertz CT molecular complexity index is 2030. The molecule has 266 valence electrons. The number of carbonyl (C=O) groups is 3. The van der Waals surface area contributed by atoms with Crippen LogP contribution in [0.3, 0.4) is 0 Å². The summed E-state index contributed by atoms with van der Waals surface area (Å²) in [6, 6.07) is 16.9. The Hall–Kier alpha value is -5.45. The van der Waals surface area contributed by atoms with Gasteiger partial charge in [-0.2, -0.15) is 0 Å². The van der Waals surface area contributed by atoms with Gasteiger partial charge in [0, 0.05) is 42.6 Å². The van der Waals surface area contributed by atoms with E-state index in [2.05, 4.69) is 52.0 Å². The number of benzene rings is 1. The number of pyridine rings is 2. The van der Waals surface area contributed by atoms with Crippen molar-refractivity contribution in [1.82, 2.24) is 40.6 Å². The molecule has 0 spiro atoms. The molecule has 4 aromatic heterocycles. The number of amides is 3. The van der Waals surface area contributed by atoms with Gasteiger partial charge in [-0.3, -0.25) is 25.0 Å². The van der Waals surface area contributed by atoms with Gasteiger partial charge in [-0.1, -0.05) is 41.7 Å². The van der Waals surface area contributed by atoms with Crippen molar-refractivity contribution in [1.29, 1.82) is 0 Å². The van der Waals surface area contributed by atoms with Crippen LogP contribution in [0.25, 0.3) is 33.9 Å². The number of anilines is 1. The monoisotopic (exact) mass is 736 g/mol. The Kier molecular flexibility index (Phi) is 12.7. The number of fused-ring (bicyclic) bond motifs is 1. The lowest BCUT2D eigenvalue weighted by Gasteiger charge is -2.19. The van der Waals surface area contributed by atoms with Gasteiger partial charge >= 0.3 is 12.0 Å². The second-order valence-corrected chi connectivity index (χ2v) is 13.4. The van der Waals surface area contributed by atoms with Crippen LogP contribution >= 0.6 is 23.5 Å². The number of hydrogen-bond acceptors (Lipinski definition) is 13. The molecule has 6 rings (SSSR count). The summed E-state index contributed by atoms with van der Waals surface area (Å²) in [5.74, 6) is 4.58. The van der Waals surface area contributed by atoms with E-state index in [4.69, 9.17) is 10.6 Å². The van der Waals surface area contributed by atoms with Gasteiger partial charge in [-0.25, -0.2) is 30.6 Å². The average Bonchev–Trinajstić information content (AvgIpc) is 3.19. The molecular formula is C36H36N10O4S2. The molecule has 3 amide bonds. The van der Waals surface area contributed by atoms with E-state index >= 15 is 0 Å². The minimum Gasteiger partial charge on any atom is -0.465 e. The highest BCUT2D eigenvalue weighted by Crippen LogP contribution is 2.28. The quantitative estimate of drug-likeness (QED) is 0.0229. The fourth-order valence-electron chi connectivity index (χ4n) is 5.43. The molecule has 0 bridgehead atoms. The number of nitrogens with two attached hydrogens (primary N) is 1. The first kappa shape index (κ1) is 36.3. The van der Waals surface area contributed by atoms with Crippen LogP contribution in [0.4, 0.5) is 10.5 Å². The molecule has 0 fully saturated rings. The van der Waals surface area contributed by atoms with E-state index in [1.807, 2.05) is 36.4 Å². The fourth-order valence-corrected chi connectivity index (χ4v) is 6.70. The molecule has 5 N–H and O–H groups in total. The molecule has 1 aromatic carbocycles. The molecule has 1 aliphatic rings. The van der Waals surface area contributed by atoms with E-state index in [0.29, 0.717) is 46.1 Å². The predicted octanol–water partition coefficient (Wildman–Crippen LogP) is 4.87. The van der Waals surface area contributed by atoms with Crippen LogP contribution < -0.4 is 21.9 Å². The molecule has 0 unspecified atom stereocenters. The molecule has 0 saturated carbocycles. The van der Waals surface area contributed by atoms with Crippen LogP contribution in [-0.4, -0.2) is 72.5 Å². The Balaban J connectivity index is 0.951. The van der Waals surface area contributed by atoms with Gasteiger partial charge in [0.1, 0.15) is 0 Å². The number of nitrogens with one attached hydrogen (secondary N) is 3. The van der Waals surface area contributed by atoms with E-state index in [1.54, 1.807) is 36.9 Å². The van der Waals surface area contributed by atoms with Crippen molar-refractivity contribution in [3.05, 3.63) is 90.5 Å². The Morgan fingerprint density at radius 1 is 0.769 bits per heavy atom. The maximum Gasteiger partial charge on any atom is 0.319 e. The number of thioether (sulfide) groups is 2. The van der Waals surface area contributed by atoms with Crippen LogP contribution in [0.5, 0.6) is 0 Å². The number of hydrogen-bond donors (Lipinski definition) is 4. The first-order chi connectivity index (χ1) is 25.4. The second kappa shape index (κ2) is 18.2. The normalized spacial score (nSPS) is 12.0. The zero-order valence-corrected chi connectivity index (χ0v) is 29.7. The number of hydrazine groups is 1. The van der Waals surface area contributed by atoms with E-state index in [-0.39, 0.29) is 30.1 Å². The van der Waals surface area contributed by atoms with Crippen molar-refractivity contribution in [2.45, 2.75) is 42.4 Å². The van der Waals surface area contributed by atoms with Crippen molar-refractivity contribution in [3.8, 4) is 33.9 Å². The lowest BCUT2D eigenvalue weighted by atomic mass is 9.90. The molecule has 0 atom stereocenters. The molecular weight excluding hydrogens is 701 g/mol. The summed E-state index contributed by atoms with van der Waals surface area (Å²) >= 11 is 2.35. The van der Waals surface area contributed by atoms with Crippen LogP contribution in [0.1, 0.15) is 30.4 Å². The van der Waals surface area contributed by atoms with Gasteiger partial charge in [-0.05, 0) is 85.2 Å². The molecule has 0 aliphatic heterocycles. The van der Waals surface area contributed by atoms with Gasteiger partial charge < -0.3 is 15.4 Å². The van der Waals surface area contributed by atoms with E-state index in [1.165, 1.54) is 41.1 Å². The molecule has 0 saturated heterocycles. The molecule has 14 nitrogen and oxygen atoms in total. The summed E-state index contributed by atoms with van der Waals surface area (Å²) in [5.41, 5.74) is 9.75. The first-order valence-corrected chi connectivity index (χ1v) is 18.6. The van der Waals surface area contributed by atoms with Crippen molar-refractivity contribution in [2.24, 2.45) is 5.84 Å². The lowest BCUT2D eigenvalue weighted by Crippen LogP contribution is -2.31. The highest BCUT2D eigenvalue weighted by atomic mass is 32.2. The number of esters is 1. The smallest absolute Gasteiger partial charge is 0.319 e. The summed E-state index contributed by atoms with van der Waals surface area (Å²) in [7, 11) is 0. The van der Waals surface area contributed by atoms with Crippen LogP contribution in [0.2, 0.25) is 0 Å². The van der Waals surface area contributed by atoms with E-state index in [9.17, 15) is 14.4 Å². The number of urea groups is 1. The summed E-state index contributed by atoms with van der Waals surface area (Å²) < 4.78 is 5.34. The maximum atomic E-state index is 12.4. The highest BCUT2D eigenvalue weighted by Gasteiger charge is 2.15. The molecule has 5 aromatic rings. The zero-order chi connectivity index (χ0) is 36.1. The topological polar surface area (TPSA) is 200 Å². The summed E-state index contributed by atoms with van der Waals surface area (Å²) in [6.45, 7) is 0.561. The number of carbonyl (C=O) groups excluding carboxylic acids is 3. The van der Waals surface area contributed by atoms with Gasteiger partial charge in [0.2, 0.25) is 5.91 Å². The number of aryl methyl sites for hydroxylation is 1. The highest BCUT2D eigenvalue weighted by molar-refractivity contribution is 8.00. The number of rotatable bonds is 14. The van der Waals surface area contributed by atoms with Crippen molar-refractivity contribution in [3.63, 3.8) is 0 Å². The Labute approximate surface area is 308 Å². The molecule has 52 heavy (non-hydrogen) atoms. The summed E-state index contributed by atoms with van der Waals surface area (Å²) in [6.07, 6.45) is 11.5. The third kappa shape index (κ3) is 10.1. The predicted molar refractivity (Wildman–Crippen MR) is 199 cm³/mol. The Morgan fingerprint density at radius 3 is 2.29 bits per heavy atom. The third-order valence-corrected chi connectivity index (χ3v) is 9.67. The van der Waals surface area contributed by atoms with Gasteiger partial charge in [-0.15, -0.1) is 0 Å². The fraction of sp³-hybridized carbons (Fsp3) is 0.250. The van der Waals surface area contributed by atoms with Gasteiger partial charge in [0.05, 0.1) is 40.9 Å². The number of nitrogens with zero attached hydrogens (tertiary/aromatic N) is 6. The number of aromatic nitrogens is 6. The minimum absolute atomic E-state index is 0.0444. The molecule has 16 heteroatoms. The molecule has 0 radical (unpaired) electrons. The largest absolute Gasteiger partial charge is 0.465 e. The van der Waals surface area contributed by atoms with Gasteiger partial charge in [0.25, 0.3) is 0 Å². The zero-order valence-electron chi connectivity index (χ0n) is 28.1. The maximum absolute atomic E-state index is 12.4. The van der Waals surface area contributed by atoms with Crippen molar-refractivity contribution >= 4 is 47.1 Å². The standard InChI is InChI=1S/C36H36N10O4S2/c37-46-32(47)21-51-35-40-17-13-30(45-35)31-19-24(11-15-38-31)25-9-10-28(42-20-25)29-12-16-41-36(44-29)52-22-33(48)50-18-4-14-39-34(49)43-27-8-3-6-23-5-1-2-7-26(23)27/h3,6,8-13,15-17,19-20H,1-2,4-5,7,14,18,21-22,37H2,(H,46,47)(H2,39,43,49). The van der Waals surface area contributed by atoms with Crippen LogP contribution in [0.15, 0.2) is 89.7 Å². The van der Waals surface area contributed by atoms with Gasteiger partial charge in [0.15, 0.2) is 10.3 Å². The minimum atomic E-state index is -0.394. The van der Waals surface area contributed by atoms with Crippen LogP contribution in [0, 0.1) is 0 Å². The second-order valence-electron chi connectivity index (χ2n) is 11.6. The number of ether oxygens (including phenoxy) is 1. The summed E-state index contributed by atoms with van der Waals surface area (Å²) in [4.78, 5) is 62.9. The van der Waals surface area contributed by atoms with Crippen molar-refractivity contribution in [2.75, 3.05) is 30.0 Å². The molecule has 1 aliphatic carbocycles. The molecule has 4 heterocycles. The third-order valence-electron chi connectivity index (χ3n) is 7.97. The summed E-state index contributed by atoms with van der Waals surface area (Å²) in [5, 5.41) is 6.64. The van der Waals surface area contributed by atoms with Crippen molar-refractivity contribution < 1.29 is 19.1 Å². The lowest BCUT2D eigenvalue weighted by molar-refractivity contribution is -0.140. The SMILES string of the molecule is NNC(=O)CSc1nccc(-c2cc(-c3ccc(-c4ccnc(SCC(=O)OCCCNC(=O)Nc5cccc6c5CCCC6)n4)nc3)ccn2)n1. The van der Waals surface area contributed by atoms with Crippen LogP contribution in [-0.2, 0) is 27.2 Å². The Morgan fingerprint density at radius 2 is 1.52 bits per heavy atom. The van der Waals surface area contributed by atoms with E-state index in [0.717, 1.165) is 36.1 Å². The first-order valence-electron chi connectivity index (χ1n) is 16.6. The van der Waals surface area contributed by atoms with E-state index < -0.39 is 5.97 Å². The average molecular weight is 737 g/mol.